The average Bonchev–Trinajstić information content (AvgIpc) is 2.52. The van der Waals surface area contributed by atoms with Crippen LogP contribution >= 0.6 is 0 Å². The number of allylic oxidation sites excluding steroid dienone is 2. The summed E-state index contributed by atoms with van der Waals surface area (Å²) in [6, 6.07) is 3.66. The van der Waals surface area contributed by atoms with E-state index in [2.05, 4.69) is 23.5 Å². The van der Waals surface area contributed by atoms with E-state index in [0.29, 0.717) is 6.54 Å². The molecule has 1 amide bonds. The van der Waals surface area contributed by atoms with E-state index in [-0.39, 0.29) is 5.91 Å². The molecule has 20 heavy (non-hydrogen) atoms. The van der Waals surface area contributed by atoms with Gasteiger partial charge in [-0.3, -0.25) is 9.78 Å². The van der Waals surface area contributed by atoms with Crippen LogP contribution in [-0.2, 0) is 4.79 Å². The summed E-state index contributed by atoms with van der Waals surface area (Å²) in [5.74, 6) is -0.149. The lowest BCUT2D eigenvalue weighted by Gasteiger charge is -2.02. The monoisotopic (exact) mass is 270 g/mol. The summed E-state index contributed by atoms with van der Waals surface area (Å²) in [6.07, 6.45) is 11.7. The van der Waals surface area contributed by atoms with E-state index in [4.69, 9.17) is 0 Å². The Bertz CT molecular complexity index is 473. The molecule has 3 heteroatoms. The minimum absolute atomic E-state index is 0.149. The van der Waals surface area contributed by atoms with Gasteiger partial charge in [-0.05, 0) is 29.3 Å². The van der Waals surface area contributed by atoms with E-state index in [1.165, 1.54) is 6.08 Å². The molecule has 0 fully saturated rings. The van der Waals surface area contributed by atoms with Crippen LogP contribution in [0.1, 0.15) is 19.4 Å². The first-order valence-electron chi connectivity index (χ1n) is 6.56. The smallest absolute Gasteiger partial charge is 0.244 e. The minimum atomic E-state index is -0.149. The third kappa shape index (κ3) is 7.82. The average molecular weight is 270 g/mol. The summed E-state index contributed by atoms with van der Waals surface area (Å²) in [6.45, 7) is 11.7. The molecule has 0 atom stereocenters. The molecule has 1 aromatic rings. The Labute approximate surface area is 121 Å². The van der Waals surface area contributed by atoms with E-state index < -0.39 is 0 Å². The third-order valence-electron chi connectivity index (χ3n) is 2.19. The highest BCUT2D eigenvalue weighted by Crippen LogP contribution is 1.99. The molecule has 1 aromatic heterocycles. The Balaban J connectivity index is 0.00000172. The second kappa shape index (κ2) is 11.7. The fourth-order valence-electron chi connectivity index (χ4n) is 1.25. The van der Waals surface area contributed by atoms with Crippen molar-refractivity contribution in [2.75, 3.05) is 6.54 Å². The summed E-state index contributed by atoms with van der Waals surface area (Å²) in [4.78, 5) is 15.4. The van der Waals surface area contributed by atoms with Crippen LogP contribution in [0.25, 0.3) is 6.08 Å². The van der Waals surface area contributed by atoms with E-state index in [9.17, 15) is 4.79 Å². The number of pyridine rings is 1. The van der Waals surface area contributed by atoms with Gasteiger partial charge in [-0.1, -0.05) is 45.2 Å². The molecule has 0 saturated carbocycles. The van der Waals surface area contributed by atoms with Gasteiger partial charge in [0.05, 0.1) is 0 Å². The second-order valence-corrected chi connectivity index (χ2v) is 3.51. The maximum atomic E-state index is 11.5. The lowest BCUT2D eigenvalue weighted by atomic mass is 10.2. The van der Waals surface area contributed by atoms with Gasteiger partial charge in [0, 0.05) is 25.0 Å². The van der Waals surface area contributed by atoms with Crippen molar-refractivity contribution >= 4 is 12.0 Å². The van der Waals surface area contributed by atoms with Crippen molar-refractivity contribution in [1.82, 2.24) is 10.3 Å². The summed E-state index contributed by atoms with van der Waals surface area (Å²) in [5.41, 5.74) is 1.85. The van der Waals surface area contributed by atoms with Gasteiger partial charge in [0.1, 0.15) is 0 Å². The molecular formula is C17H22N2O. The highest BCUT2D eigenvalue weighted by atomic mass is 16.1. The Morgan fingerprint density at radius 1 is 1.30 bits per heavy atom. The molecule has 106 valence electrons. The quantitative estimate of drug-likeness (QED) is 0.634. The minimum Gasteiger partial charge on any atom is -0.348 e. The SMILES string of the molecule is C=C/C=C(\C=C)CNC(=O)/C=C/c1ccncc1.CC. The van der Waals surface area contributed by atoms with Crippen molar-refractivity contribution in [2.45, 2.75) is 13.8 Å². The standard InChI is InChI=1S/C15H16N2O.C2H6/c1-3-5-13(4-2)12-17-15(18)7-6-14-8-10-16-11-9-14;1-2/h3-11H,1-2,12H2,(H,17,18);1-2H3/b7-6+,13-5+;. The summed E-state index contributed by atoms with van der Waals surface area (Å²) < 4.78 is 0. The first-order valence-corrected chi connectivity index (χ1v) is 6.56. The molecule has 0 bridgehead atoms. The van der Waals surface area contributed by atoms with E-state index in [0.717, 1.165) is 11.1 Å². The van der Waals surface area contributed by atoms with Crippen LogP contribution in [-0.4, -0.2) is 17.4 Å². The fourth-order valence-corrected chi connectivity index (χ4v) is 1.25. The van der Waals surface area contributed by atoms with Crippen LogP contribution in [0.2, 0.25) is 0 Å². The summed E-state index contributed by atoms with van der Waals surface area (Å²) >= 11 is 0. The number of rotatable bonds is 6. The van der Waals surface area contributed by atoms with Gasteiger partial charge in [-0.2, -0.15) is 0 Å². The van der Waals surface area contributed by atoms with Crippen molar-refractivity contribution in [3.8, 4) is 0 Å². The van der Waals surface area contributed by atoms with Crippen LogP contribution in [0, 0.1) is 0 Å². The molecule has 0 aliphatic heterocycles. The fraction of sp³-hybridized carbons (Fsp3) is 0.176. The van der Waals surface area contributed by atoms with Gasteiger partial charge in [0.25, 0.3) is 0 Å². The number of nitrogens with zero attached hydrogens (tertiary/aromatic N) is 1. The van der Waals surface area contributed by atoms with Gasteiger partial charge in [-0.15, -0.1) is 0 Å². The van der Waals surface area contributed by atoms with Crippen molar-refractivity contribution in [2.24, 2.45) is 0 Å². The molecule has 0 saturated heterocycles. The molecule has 1 rings (SSSR count). The van der Waals surface area contributed by atoms with Crippen LogP contribution in [0.4, 0.5) is 0 Å². The van der Waals surface area contributed by atoms with Crippen molar-refractivity contribution in [3.05, 3.63) is 73.1 Å². The number of amides is 1. The van der Waals surface area contributed by atoms with Gasteiger partial charge < -0.3 is 5.32 Å². The molecule has 0 unspecified atom stereocenters. The zero-order valence-electron chi connectivity index (χ0n) is 12.2. The molecule has 3 nitrogen and oxygen atoms in total. The van der Waals surface area contributed by atoms with Crippen LogP contribution < -0.4 is 5.32 Å². The summed E-state index contributed by atoms with van der Waals surface area (Å²) in [5, 5.41) is 2.76. The van der Waals surface area contributed by atoms with Gasteiger partial charge in [0.2, 0.25) is 5.91 Å². The maximum Gasteiger partial charge on any atom is 0.244 e. The molecule has 0 aliphatic rings. The highest BCUT2D eigenvalue weighted by Gasteiger charge is 1.96. The zero-order valence-corrected chi connectivity index (χ0v) is 12.2. The number of nitrogens with one attached hydrogen (secondary N) is 1. The maximum absolute atomic E-state index is 11.5. The number of carbonyl (C=O) groups excluding carboxylic acids is 1. The topological polar surface area (TPSA) is 42.0 Å². The predicted octanol–water partition coefficient (Wildman–Crippen LogP) is 3.54. The lowest BCUT2D eigenvalue weighted by molar-refractivity contribution is -0.116. The predicted molar refractivity (Wildman–Crippen MR) is 86.1 cm³/mol. The van der Waals surface area contributed by atoms with E-state index in [1.807, 2.05) is 26.0 Å². The van der Waals surface area contributed by atoms with Gasteiger partial charge >= 0.3 is 0 Å². The zero-order chi connectivity index (χ0) is 15.2. The van der Waals surface area contributed by atoms with Crippen molar-refractivity contribution in [1.29, 1.82) is 0 Å². The van der Waals surface area contributed by atoms with Gasteiger partial charge in [-0.25, -0.2) is 0 Å². The van der Waals surface area contributed by atoms with E-state index in [1.54, 1.807) is 36.7 Å². The second-order valence-electron chi connectivity index (χ2n) is 3.51. The highest BCUT2D eigenvalue weighted by molar-refractivity contribution is 5.91. The number of hydrogen-bond acceptors (Lipinski definition) is 2. The van der Waals surface area contributed by atoms with Crippen LogP contribution in [0.15, 0.2) is 67.6 Å². The molecule has 1 N–H and O–H groups in total. The van der Waals surface area contributed by atoms with Crippen LogP contribution in [0.5, 0.6) is 0 Å². The van der Waals surface area contributed by atoms with Crippen molar-refractivity contribution < 1.29 is 4.79 Å². The first kappa shape index (κ1) is 17.6. The van der Waals surface area contributed by atoms with E-state index >= 15 is 0 Å². The summed E-state index contributed by atoms with van der Waals surface area (Å²) in [7, 11) is 0. The Morgan fingerprint density at radius 2 is 1.95 bits per heavy atom. The normalized spacial score (nSPS) is 10.4. The third-order valence-corrected chi connectivity index (χ3v) is 2.19. The van der Waals surface area contributed by atoms with Crippen molar-refractivity contribution in [3.63, 3.8) is 0 Å². The van der Waals surface area contributed by atoms with Gasteiger partial charge in [0.15, 0.2) is 0 Å². The lowest BCUT2D eigenvalue weighted by Crippen LogP contribution is -2.22. The Kier molecular flexibility index (Phi) is 10.2. The molecular weight excluding hydrogens is 248 g/mol. The molecule has 1 heterocycles. The molecule has 0 aliphatic carbocycles. The molecule has 0 aromatic carbocycles. The molecule has 0 spiro atoms. The number of hydrogen-bond donors (Lipinski definition) is 1. The first-order chi connectivity index (χ1) is 9.76. The van der Waals surface area contributed by atoms with Crippen LogP contribution in [0.3, 0.4) is 0 Å². The Morgan fingerprint density at radius 3 is 2.50 bits per heavy atom. The molecule has 0 radical (unpaired) electrons. The number of carbonyl (C=O) groups is 1. The Hall–Kier alpha value is -2.42. The number of aromatic nitrogens is 1. The largest absolute Gasteiger partial charge is 0.348 e.